The van der Waals surface area contributed by atoms with Crippen LogP contribution in [-0.4, -0.2) is 11.4 Å². The first-order chi connectivity index (χ1) is 9.36. The van der Waals surface area contributed by atoms with E-state index in [1.54, 1.807) is 0 Å². The minimum absolute atomic E-state index is 0.0893. The van der Waals surface area contributed by atoms with E-state index >= 15 is 0 Å². The summed E-state index contributed by atoms with van der Waals surface area (Å²) in [5.41, 5.74) is 4.72. The lowest BCUT2D eigenvalue weighted by atomic mass is 9.93. The van der Waals surface area contributed by atoms with Crippen LogP contribution < -0.4 is 11.7 Å². The Morgan fingerprint density at radius 1 is 0.684 bits per heavy atom. The molecule has 0 fully saturated rings. The maximum Gasteiger partial charge on any atom is 0.0815 e. The van der Waals surface area contributed by atoms with Crippen LogP contribution in [0.4, 0.5) is 0 Å². The van der Waals surface area contributed by atoms with Gasteiger partial charge in [0.25, 0.3) is 0 Å². The van der Waals surface area contributed by atoms with Gasteiger partial charge in [0.05, 0.1) is 17.3 Å². The lowest BCUT2D eigenvalue weighted by Crippen LogP contribution is -2.17. The largest absolute Gasteiger partial charge is 0.323 e. The molecule has 0 radical (unpaired) electrons. The number of nitrogens with zero attached hydrogens (tertiary/aromatic N) is 2. The van der Waals surface area contributed by atoms with Gasteiger partial charge < -0.3 is 11.7 Å². The fraction of sp³-hybridized carbons (Fsp3) is 0.0667. The Morgan fingerprint density at radius 3 is 1.63 bits per heavy atom. The lowest BCUT2D eigenvalue weighted by Gasteiger charge is -2.11. The predicted molar refractivity (Wildman–Crippen MR) is 77.1 cm³/mol. The highest BCUT2D eigenvalue weighted by molar-refractivity contribution is 6.33. The Bertz CT molecular complexity index is 620. The molecule has 1 aliphatic rings. The van der Waals surface area contributed by atoms with Gasteiger partial charge in [-0.2, -0.15) is 10.2 Å². The van der Waals surface area contributed by atoms with Crippen LogP contribution in [-0.2, 0) is 0 Å². The standard InChI is InChI=1S/C15H14N4/c16-18-14-11-8-4-5-9-12(11)15(19-17)13(14)10-6-2-1-3-7-10/h1-9,13H,16-17H2. The molecule has 0 bridgehead atoms. The van der Waals surface area contributed by atoms with Crippen molar-refractivity contribution in [2.24, 2.45) is 21.9 Å². The highest BCUT2D eigenvalue weighted by atomic mass is 15.1. The van der Waals surface area contributed by atoms with Gasteiger partial charge in [-0.25, -0.2) is 0 Å². The average Bonchev–Trinajstić information content (AvgIpc) is 2.81. The topological polar surface area (TPSA) is 76.8 Å². The molecule has 2 aromatic rings. The summed E-state index contributed by atoms with van der Waals surface area (Å²) in [5, 5.41) is 7.93. The minimum atomic E-state index is -0.0893. The number of hydrazone groups is 2. The normalized spacial score (nSPS) is 21.8. The van der Waals surface area contributed by atoms with E-state index < -0.39 is 0 Å². The van der Waals surface area contributed by atoms with Crippen LogP contribution in [0.3, 0.4) is 0 Å². The van der Waals surface area contributed by atoms with Crippen molar-refractivity contribution in [3.05, 3.63) is 71.3 Å². The smallest absolute Gasteiger partial charge is 0.0815 e. The third-order valence-corrected chi connectivity index (χ3v) is 3.44. The average molecular weight is 250 g/mol. The van der Waals surface area contributed by atoms with Crippen LogP contribution in [0.1, 0.15) is 22.6 Å². The number of benzene rings is 2. The molecule has 1 aliphatic carbocycles. The van der Waals surface area contributed by atoms with E-state index in [2.05, 4.69) is 10.2 Å². The summed E-state index contributed by atoms with van der Waals surface area (Å²) in [6, 6.07) is 17.9. The molecule has 94 valence electrons. The number of nitrogens with two attached hydrogens (primary N) is 2. The Balaban J connectivity index is 2.22. The molecular formula is C15H14N4. The molecule has 0 amide bonds. The zero-order valence-electron chi connectivity index (χ0n) is 10.3. The first-order valence-electron chi connectivity index (χ1n) is 6.07. The second kappa shape index (κ2) is 4.57. The van der Waals surface area contributed by atoms with Crippen LogP contribution in [0.5, 0.6) is 0 Å². The molecule has 0 spiro atoms. The summed E-state index contributed by atoms with van der Waals surface area (Å²) >= 11 is 0. The van der Waals surface area contributed by atoms with Crippen molar-refractivity contribution in [1.82, 2.24) is 0 Å². The zero-order valence-corrected chi connectivity index (χ0v) is 10.3. The summed E-state index contributed by atoms with van der Waals surface area (Å²) in [6.07, 6.45) is 0. The third-order valence-electron chi connectivity index (χ3n) is 3.44. The maximum atomic E-state index is 5.59. The SMILES string of the molecule is NN=C1c2ccccc2C(=NN)C1c1ccccc1. The fourth-order valence-electron chi connectivity index (χ4n) is 2.62. The predicted octanol–water partition coefficient (Wildman–Crippen LogP) is 1.81. The van der Waals surface area contributed by atoms with Gasteiger partial charge in [0.2, 0.25) is 0 Å². The van der Waals surface area contributed by atoms with Crippen molar-refractivity contribution in [2.75, 3.05) is 0 Å². The van der Waals surface area contributed by atoms with Crippen LogP contribution in [0.2, 0.25) is 0 Å². The Kier molecular flexibility index (Phi) is 2.76. The van der Waals surface area contributed by atoms with Crippen molar-refractivity contribution in [3.63, 3.8) is 0 Å². The second-order valence-electron chi connectivity index (χ2n) is 4.42. The van der Waals surface area contributed by atoms with Crippen molar-refractivity contribution in [2.45, 2.75) is 5.92 Å². The highest BCUT2D eigenvalue weighted by Crippen LogP contribution is 2.34. The van der Waals surface area contributed by atoms with Crippen molar-refractivity contribution >= 4 is 11.4 Å². The quantitative estimate of drug-likeness (QED) is 0.598. The molecule has 2 aromatic carbocycles. The molecule has 0 heterocycles. The van der Waals surface area contributed by atoms with Crippen LogP contribution in [0.25, 0.3) is 0 Å². The van der Waals surface area contributed by atoms with E-state index in [0.29, 0.717) is 0 Å². The molecular weight excluding hydrogens is 236 g/mol. The number of fused-ring (bicyclic) bond motifs is 1. The van der Waals surface area contributed by atoms with E-state index in [9.17, 15) is 0 Å². The summed E-state index contributed by atoms with van der Waals surface area (Å²) in [5.74, 6) is 11.1. The number of hydrogen-bond donors (Lipinski definition) is 2. The van der Waals surface area contributed by atoms with Gasteiger partial charge in [0.1, 0.15) is 0 Å². The van der Waals surface area contributed by atoms with Gasteiger partial charge in [-0.15, -0.1) is 0 Å². The molecule has 0 saturated carbocycles. The Labute approximate surface area is 111 Å². The molecule has 19 heavy (non-hydrogen) atoms. The van der Waals surface area contributed by atoms with E-state index in [1.807, 2.05) is 54.6 Å². The molecule has 0 atom stereocenters. The molecule has 0 unspecified atom stereocenters. The van der Waals surface area contributed by atoms with Crippen molar-refractivity contribution < 1.29 is 0 Å². The molecule has 3 rings (SSSR count). The van der Waals surface area contributed by atoms with E-state index in [0.717, 1.165) is 28.1 Å². The summed E-state index contributed by atoms with van der Waals surface area (Å²) in [6.45, 7) is 0. The zero-order chi connectivity index (χ0) is 13.2. The molecule has 0 saturated heterocycles. The maximum absolute atomic E-state index is 5.59. The number of rotatable bonds is 1. The van der Waals surface area contributed by atoms with Gasteiger partial charge in [-0.3, -0.25) is 0 Å². The second-order valence-corrected chi connectivity index (χ2v) is 4.42. The lowest BCUT2D eigenvalue weighted by molar-refractivity contribution is 1.13. The molecule has 4 N–H and O–H groups in total. The molecule has 0 aromatic heterocycles. The van der Waals surface area contributed by atoms with Crippen molar-refractivity contribution in [1.29, 1.82) is 0 Å². The number of hydrogen-bond acceptors (Lipinski definition) is 4. The van der Waals surface area contributed by atoms with E-state index in [-0.39, 0.29) is 5.92 Å². The van der Waals surface area contributed by atoms with Crippen LogP contribution in [0, 0.1) is 0 Å². The Hall–Kier alpha value is -2.62. The van der Waals surface area contributed by atoms with E-state index in [1.165, 1.54) is 0 Å². The summed E-state index contributed by atoms with van der Waals surface area (Å²) in [7, 11) is 0. The van der Waals surface area contributed by atoms with Crippen LogP contribution >= 0.6 is 0 Å². The van der Waals surface area contributed by atoms with Gasteiger partial charge in [0.15, 0.2) is 0 Å². The first kappa shape index (κ1) is 11.5. The van der Waals surface area contributed by atoms with Gasteiger partial charge in [-0.1, -0.05) is 54.6 Å². The highest BCUT2D eigenvalue weighted by Gasteiger charge is 2.35. The third kappa shape index (κ3) is 1.69. The Morgan fingerprint density at radius 2 is 1.16 bits per heavy atom. The van der Waals surface area contributed by atoms with E-state index in [4.69, 9.17) is 11.7 Å². The van der Waals surface area contributed by atoms with Gasteiger partial charge >= 0.3 is 0 Å². The van der Waals surface area contributed by atoms with Gasteiger partial charge in [-0.05, 0) is 5.56 Å². The minimum Gasteiger partial charge on any atom is -0.323 e. The molecule has 4 heteroatoms. The van der Waals surface area contributed by atoms with Crippen molar-refractivity contribution in [3.8, 4) is 0 Å². The van der Waals surface area contributed by atoms with Crippen LogP contribution in [0.15, 0.2) is 64.8 Å². The fourth-order valence-corrected chi connectivity index (χ4v) is 2.62. The van der Waals surface area contributed by atoms with Gasteiger partial charge in [0, 0.05) is 11.1 Å². The first-order valence-corrected chi connectivity index (χ1v) is 6.07. The molecule has 4 nitrogen and oxygen atoms in total. The summed E-state index contributed by atoms with van der Waals surface area (Å²) < 4.78 is 0. The summed E-state index contributed by atoms with van der Waals surface area (Å²) in [4.78, 5) is 0. The monoisotopic (exact) mass is 250 g/mol. The molecule has 0 aliphatic heterocycles.